The van der Waals surface area contributed by atoms with E-state index in [0.717, 1.165) is 21.8 Å². The summed E-state index contributed by atoms with van der Waals surface area (Å²) in [5.41, 5.74) is 7.93. The third-order valence-corrected chi connectivity index (χ3v) is 3.52. The second kappa shape index (κ2) is 3.73. The van der Waals surface area contributed by atoms with Gasteiger partial charge in [-0.1, -0.05) is 0 Å². The van der Waals surface area contributed by atoms with Crippen molar-refractivity contribution >= 4 is 50.3 Å². The summed E-state index contributed by atoms with van der Waals surface area (Å²) in [6.07, 6.45) is 0. The first-order valence-corrected chi connectivity index (χ1v) is 6.24. The van der Waals surface area contributed by atoms with E-state index < -0.39 is 5.91 Å². The van der Waals surface area contributed by atoms with Crippen LogP contribution in [0, 0.1) is 3.57 Å². The zero-order valence-electron chi connectivity index (χ0n) is 8.83. The summed E-state index contributed by atoms with van der Waals surface area (Å²) >= 11 is 2.27. The van der Waals surface area contributed by atoms with Gasteiger partial charge in [0.15, 0.2) is 0 Å². The van der Waals surface area contributed by atoms with Crippen molar-refractivity contribution in [1.29, 1.82) is 0 Å². The minimum atomic E-state index is -0.396. The maximum atomic E-state index is 11.2. The number of benzene rings is 2. The van der Waals surface area contributed by atoms with E-state index in [9.17, 15) is 4.79 Å². The van der Waals surface area contributed by atoms with Gasteiger partial charge in [-0.15, -0.1) is 0 Å². The maximum Gasteiger partial charge on any atom is 0.248 e. The zero-order chi connectivity index (χ0) is 12.0. The van der Waals surface area contributed by atoms with Crippen LogP contribution >= 0.6 is 22.6 Å². The third kappa shape index (κ3) is 1.68. The van der Waals surface area contributed by atoms with Gasteiger partial charge in [-0.25, -0.2) is 0 Å². The van der Waals surface area contributed by atoms with E-state index in [2.05, 4.69) is 33.6 Å². The Hall–Kier alpha value is -1.56. The number of halogens is 1. The fourth-order valence-corrected chi connectivity index (χ4v) is 2.51. The van der Waals surface area contributed by atoms with Crippen LogP contribution in [0.2, 0.25) is 0 Å². The van der Waals surface area contributed by atoms with Gasteiger partial charge in [-0.3, -0.25) is 4.79 Å². The third-order valence-electron chi connectivity index (χ3n) is 2.85. The van der Waals surface area contributed by atoms with Gasteiger partial charge >= 0.3 is 0 Å². The second-order valence-electron chi connectivity index (χ2n) is 3.94. The van der Waals surface area contributed by atoms with E-state index in [1.165, 1.54) is 3.57 Å². The Kier molecular flexibility index (Phi) is 2.32. The van der Waals surface area contributed by atoms with Gasteiger partial charge < -0.3 is 10.7 Å². The van der Waals surface area contributed by atoms with Crippen LogP contribution in [0.5, 0.6) is 0 Å². The van der Waals surface area contributed by atoms with Gasteiger partial charge in [0.2, 0.25) is 5.91 Å². The standard InChI is InChI=1S/C13H9IN2O/c14-8-2-4-12-10(6-8)9-5-7(13(15)17)1-3-11(9)16-12/h1-6,16H,(H2,15,17). The summed E-state index contributed by atoms with van der Waals surface area (Å²) in [4.78, 5) is 14.5. The number of nitrogens with two attached hydrogens (primary N) is 1. The number of carbonyl (C=O) groups is 1. The van der Waals surface area contributed by atoms with Crippen LogP contribution < -0.4 is 5.73 Å². The molecule has 0 saturated heterocycles. The number of fused-ring (bicyclic) bond motifs is 3. The molecule has 17 heavy (non-hydrogen) atoms. The Labute approximate surface area is 111 Å². The van der Waals surface area contributed by atoms with Crippen LogP contribution in [-0.2, 0) is 0 Å². The number of H-pyrrole nitrogens is 1. The lowest BCUT2D eigenvalue weighted by molar-refractivity contribution is 0.100. The quantitative estimate of drug-likeness (QED) is 0.660. The van der Waals surface area contributed by atoms with E-state index in [4.69, 9.17) is 5.73 Å². The molecule has 4 heteroatoms. The van der Waals surface area contributed by atoms with Crippen LogP contribution in [0.3, 0.4) is 0 Å². The molecule has 1 heterocycles. The lowest BCUT2D eigenvalue weighted by atomic mass is 10.1. The average molecular weight is 336 g/mol. The summed E-state index contributed by atoms with van der Waals surface area (Å²) in [7, 11) is 0. The normalized spacial score (nSPS) is 11.1. The number of rotatable bonds is 1. The Morgan fingerprint density at radius 2 is 1.71 bits per heavy atom. The molecule has 0 saturated carbocycles. The molecule has 0 fully saturated rings. The molecule has 3 N–H and O–H groups in total. The number of carbonyl (C=O) groups excluding carboxylic acids is 1. The summed E-state index contributed by atoms with van der Waals surface area (Å²) in [5, 5.41) is 2.16. The van der Waals surface area contributed by atoms with Crippen LogP contribution in [-0.4, -0.2) is 10.9 Å². The molecule has 3 aromatic rings. The van der Waals surface area contributed by atoms with Gasteiger partial charge in [-0.05, 0) is 59.0 Å². The van der Waals surface area contributed by atoms with E-state index >= 15 is 0 Å². The topological polar surface area (TPSA) is 58.9 Å². The highest BCUT2D eigenvalue weighted by atomic mass is 127. The van der Waals surface area contributed by atoms with Crippen molar-refractivity contribution in [3.05, 3.63) is 45.5 Å². The molecule has 0 spiro atoms. The van der Waals surface area contributed by atoms with Gasteiger partial charge in [0, 0.05) is 30.9 Å². The number of amides is 1. The zero-order valence-corrected chi connectivity index (χ0v) is 11.0. The molecule has 1 aromatic heterocycles. The van der Waals surface area contributed by atoms with Crippen molar-refractivity contribution in [2.24, 2.45) is 5.73 Å². The van der Waals surface area contributed by atoms with Gasteiger partial charge in [0.1, 0.15) is 0 Å². The van der Waals surface area contributed by atoms with E-state index in [-0.39, 0.29) is 0 Å². The smallest absolute Gasteiger partial charge is 0.248 e. The fourth-order valence-electron chi connectivity index (χ4n) is 2.02. The van der Waals surface area contributed by atoms with Crippen molar-refractivity contribution in [3.63, 3.8) is 0 Å². The molecule has 0 atom stereocenters. The Morgan fingerprint density at radius 3 is 2.41 bits per heavy atom. The van der Waals surface area contributed by atoms with Crippen LogP contribution in [0.4, 0.5) is 0 Å². The predicted octanol–water partition coefficient (Wildman–Crippen LogP) is 3.02. The molecule has 0 radical (unpaired) electrons. The highest BCUT2D eigenvalue weighted by Gasteiger charge is 2.07. The van der Waals surface area contributed by atoms with Crippen molar-refractivity contribution < 1.29 is 4.79 Å². The minimum Gasteiger partial charge on any atom is -0.366 e. The number of primary amides is 1. The van der Waals surface area contributed by atoms with Crippen molar-refractivity contribution in [3.8, 4) is 0 Å². The molecule has 2 aromatic carbocycles. The van der Waals surface area contributed by atoms with E-state index in [0.29, 0.717) is 5.56 Å². The summed E-state index contributed by atoms with van der Waals surface area (Å²) in [5.74, 6) is -0.396. The summed E-state index contributed by atoms with van der Waals surface area (Å²) in [6.45, 7) is 0. The SMILES string of the molecule is NC(=O)c1ccc2[nH]c3ccc(I)cc3c2c1. The highest BCUT2D eigenvalue weighted by Crippen LogP contribution is 2.27. The summed E-state index contributed by atoms with van der Waals surface area (Å²) < 4.78 is 1.17. The van der Waals surface area contributed by atoms with Crippen LogP contribution in [0.15, 0.2) is 36.4 Å². The molecule has 84 valence electrons. The van der Waals surface area contributed by atoms with E-state index in [1.807, 2.05) is 24.3 Å². The first-order valence-electron chi connectivity index (χ1n) is 5.16. The molecule has 0 bridgehead atoms. The number of aromatic amines is 1. The number of nitrogens with one attached hydrogen (secondary N) is 1. The highest BCUT2D eigenvalue weighted by molar-refractivity contribution is 14.1. The molecule has 0 aliphatic carbocycles. The lowest BCUT2D eigenvalue weighted by Crippen LogP contribution is -2.10. The molecule has 3 nitrogen and oxygen atoms in total. The van der Waals surface area contributed by atoms with Crippen LogP contribution in [0.25, 0.3) is 21.8 Å². The number of aromatic nitrogens is 1. The fraction of sp³-hybridized carbons (Fsp3) is 0. The first kappa shape index (κ1) is 10.6. The van der Waals surface area contributed by atoms with Gasteiger partial charge in [0.25, 0.3) is 0 Å². The minimum absolute atomic E-state index is 0.396. The molecule has 3 rings (SSSR count). The van der Waals surface area contributed by atoms with Gasteiger partial charge in [0.05, 0.1) is 0 Å². The predicted molar refractivity (Wildman–Crippen MR) is 77.0 cm³/mol. The largest absolute Gasteiger partial charge is 0.366 e. The first-order chi connectivity index (χ1) is 8.15. The molecular weight excluding hydrogens is 327 g/mol. The number of hydrogen-bond donors (Lipinski definition) is 2. The van der Waals surface area contributed by atoms with Crippen molar-refractivity contribution in [2.75, 3.05) is 0 Å². The maximum absolute atomic E-state index is 11.2. The Balaban J connectivity index is 2.43. The van der Waals surface area contributed by atoms with E-state index in [1.54, 1.807) is 6.07 Å². The number of hydrogen-bond acceptors (Lipinski definition) is 1. The lowest BCUT2D eigenvalue weighted by Gasteiger charge is -1.96. The molecule has 0 aliphatic heterocycles. The average Bonchev–Trinajstić information content (AvgIpc) is 2.66. The van der Waals surface area contributed by atoms with Crippen LogP contribution in [0.1, 0.15) is 10.4 Å². The second-order valence-corrected chi connectivity index (χ2v) is 5.19. The van der Waals surface area contributed by atoms with Crippen molar-refractivity contribution in [1.82, 2.24) is 4.98 Å². The monoisotopic (exact) mass is 336 g/mol. The Morgan fingerprint density at radius 1 is 1.06 bits per heavy atom. The Bertz CT molecular complexity index is 746. The molecule has 0 unspecified atom stereocenters. The summed E-state index contributed by atoms with van der Waals surface area (Å²) in [6, 6.07) is 11.7. The van der Waals surface area contributed by atoms with Crippen molar-refractivity contribution in [2.45, 2.75) is 0 Å². The van der Waals surface area contributed by atoms with Gasteiger partial charge in [-0.2, -0.15) is 0 Å². The molecule has 0 aliphatic rings. The molecule has 1 amide bonds. The molecular formula is C13H9IN2O.